The van der Waals surface area contributed by atoms with Crippen LogP contribution in [-0.2, 0) is 11.2 Å². The van der Waals surface area contributed by atoms with Crippen molar-refractivity contribution in [2.45, 2.75) is 32.6 Å². The third-order valence-corrected chi connectivity index (χ3v) is 5.15. The highest BCUT2D eigenvalue weighted by Gasteiger charge is 2.22. The van der Waals surface area contributed by atoms with Crippen LogP contribution in [0.15, 0.2) is 12.1 Å². The Kier molecular flexibility index (Phi) is 10.0. The Morgan fingerprint density at radius 3 is 2.61 bits per heavy atom. The highest BCUT2D eigenvalue weighted by molar-refractivity contribution is 5.85. The lowest BCUT2D eigenvalue weighted by atomic mass is 9.85. The number of nitrogens with one attached hydrogen (secondary N) is 2. The number of amides is 1. The number of piperidine rings is 1. The van der Waals surface area contributed by atoms with Crippen molar-refractivity contribution in [3.05, 3.63) is 27.8 Å². The van der Waals surface area contributed by atoms with Gasteiger partial charge in [0.1, 0.15) is 0 Å². The van der Waals surface area contributed by atoms with Crippen LogP contribution in [0, 0.1) is 22.0 Å². The molecular formula is C19H30ClN3O5. The molecule has 1 aliphatic rings. The molecular weight excluding hydrogens is 386 g/mol. The average Bonchev–Trinajstić information content (AvgIpc) is 2.67. The third kappa shape index (κ3) is 6.53. The molecule has 0 bridgehead atoms. The second-order valence-electron chi connectivity index (χ2n) is 6.98. The standard InChI is InChI=1S/C19H29N3O5.ClH/c1-13(15-5-4-7-20-12-15)9-19(23)21-8-6-14-10-17(26-2)18(27-3)11-16(14)22(24)25;/h10-11,13,15,20H,4-9,12H2,1-3H3,(H,21,23);1H. The number of halogens is 1. The van der Waals surface area contributed by atoms with Crippen LogP contribution in [0.25, 0.3) is 0 Å². The summed E-state index contributed by atoms with van der Waals surface area (Å²) >= 11 is 0. The fourth-order valence-electron chi connectivity index (χ4n) is 3.51. The Bertz CT molecular complexity index is 665. The largest absolute Gasteiger partial charge is 0.493 e. The molecule has 0 aromatic heterocycles. The Morgan fingerprint density at radius 2 is 2.04 bits per heavy atom. The zero-order valence-corrected chi connectivity index (χ0v) is 17.5. The SMILES string of the molecule is COc1cc(CCNC(=O)CC(C)C2CCCNC2)c([N+](=O)[O-])cc1OC.Cl. The van der Waals surface area contributed by atoms with Crippen molar-refractivity contribution >= 4 is 24.0 Å². The van der Waals surface area contributed by atoms with E-state index in [1.165, 1.54) is 20.3 Å². The monoisotopic (exact) mass is 415 g/mol. The first-order chi connectivity index (χ1) is 13.0. The normalized spacial score (nSPS) is 17.2. The molecule has 28 heavy (non-hydrogen) atoms. The number of nitro groups is 1. The minimum atomic E-state index is -0.447. The van der Waals surface area contributed by atoms with Crippen molar-refractivity contribution in [1.82, 2.24) is 10.6 Å². The topological polar surface area (TPSA) is 103 Å². The molecule has 1 fully saturated rings. The van der Waals surface area contributed by atoms with E-state index in [1.807, 2.05) is 0 Å². The maximum atomic E-state index is 12.2. The number of carbonyl (C=O) groups excluding carboxylic acids is 1. The summed E-state index contributed by atoms with van der Waals surface area (Å²) in [5.41, 5.74) is 0.464. The summed E-state index contributed by atoms with van der Waals surface area (Å²) in [6, 6.07) is 2.95. The molecule has 0 aliphatic carbocycles. The lowest BCUT2D eigenvalue weighted by Crippen LogP contribution is -2.36. The highest BCUT2D eigenvalue weighted by atomic mass is 35.5. The molecule has 2 N–H and O–H groups in total. The van der Waals surface area contributed by atoms with Crippen molar-refractivity contribution in [2.24, 2.45) is 11.8 Å². The first-order valence-corrected chi connectivity index (χ1v) is 9.33. The minimum Gasteiger partial charge on any atom is -0.493 e. The van der Waals surface area contributed by atoms with Crippen LogP contribution < -0.4 is 20.1 Å². The third-order valence-electron chi connectivity index (χ3n) is 5.15. The average molecular weight is 416 g/mol. The molecule has 2 unspecified atom stereocenters. The summed E-state index contributed by atoms with van der Waals surface area (Å²) in [4.78, 5) is 23.1. The first kappa shape index (κ1) is 24.0. The van der Waals surface area contributed by atoms with Gasteiger partial charge in [0.05, 0.1) is 25.2 Å². The molecule has 158 valence electrons. The van der Waals surface area contributed by atoms with E-state index in [-0.39, 0.29) is 24.0 Å². The van der Waals surface area contributed by atoms with E-state index >= 15 is 0 Å². The summed E-state index contributed by atoms with van der Waals surface area (Å²) in [5, 5.41) is 17.6. The van der Waals surface area contributed by atoms with Gasteiger partial charge in [0, 0.05) is 18.5 Å². The number of carbonyl (C=O) groups is 1. The van der Waals surface area contributed by atoms with Gasteiger partial charge in [-0.25, -0.2) is 0 Å². The summed E-state index contributed by atoms with van der Waals surface area (Å²) in [7, 11) is 2.92. The van der Waals surface area contributed by atoms with Gasteiger partial charge in [-0.05, 0) is 50.3 Å². The molecule has 9 heteroatoms. The quantitative estimate of drug-likeness (QED) is 0.475. The molecule has 1 aromatic rings. The number of nitro benzene ring substituents is 1. The van der Waals surface area contributed by atoms with E-state index in [2.05, 4.69) is 17.6 Å². The van der Waals surface area contributed by atoms with Crippen LogP contribution in [0.3, 0.4) is 0 Å². The lowest BCUT2D eigenvalue weighted by molar-refractivity contribution is -0.385. The van der Waals surface area contributed by atoms with Crippen molar-refractivity contribution in [1.29, 1.82) is 0 Å². The van der Waals surface area contributed by atoms with Crippen LogP contribution in [0.5, 0.6) is 11.5 Å². The summed E-state index contributed by atoms with van der Waals surface area (Å²) in [6.07, 6.45) is 3.13. The zero-order valence-electron chi connectivity index (χ0n) is 16.7. The summed E-state index contributed by atoms with van der Waals surface area (Å²) in [6.45, 7) is 4.47. The predicted molar refractivity (Wildman–Crippen MR) is 110 cm³/mol. The first-order valence-electron chi connectivity index (χ1n) is 9.33. The van der Waals surface area contributed by atoms with Gasteiger partial charge < -0.3 is 20.1 Å². The minimum absolute atomic E-state index is 0. The van der Waals surface area contributed by atoms with Gasteiger partial charge >= 0.3 is 0 Å². The maximum Gasteiger partial charge on any atom is 0.276 e. The number of hydrogen-bond acceptors (Lipinski definition) is 6. The number of benzene rings is 1. The molecule has 0 spiro atoms. The molecule has 8 nitrogen and oxygen atoms in total. The maximum absolute atomic E-state index is 12.2. The van der Waals surface area contributed by atoms with Gasteiger partial charge in [0.25, 0.3) is 5.69 Å². The summed E-state index contributed by atoms with van der Waals surface area (Å²) < 4.78 is 10.3. The van der Waals surface area contributed by atoms with Crippen LogP contribution in [0.2, 0.25) is 0 Å². The molecule has 1 aliphatic heterocycles. The fourth-order valence-corrected chi connectivity index (χ4v) is 3.51. The number of rotatable bonds is 9. The molecule has 1 amide bonds. The Balaban J connectivity index is 0.00000392. The van der Waals surface area contributed by atoms with Crippen molar-refractivity contribution in [2.75, 3.05) is 33.9 Å². The molecule has 0 radical (unpaired) electrons. The zero-order chi connectivity index (χ0) is 19.8. The number of methoxy groups -OCH3 is 2. The molecule has 0 saturated carbocycles. The molecule has 2 atom stereocenters. The smallest absolute Gasteiger partial charge is 0.276 e. The van der Waals surface area contributed by atoms with E-state index in [0.29, 0.717) is 48.3 Å². The van der Waals surface area contributed by atoms with E-state index in [9.17, 15) is 14.9 Å². The Hall–Kier alpha value is -2.06. The van der Waals surface area contributed by atoms with E-state index in [4.69, 9.17) is 9.47 Å². The van der Waals surface area contributed by atoms with E-state index < -0.39 is 4.92 Å². The van der Waals surface area contributed by atoms with Crippen molar-refractivity contribution in [3.8, 4) is 11.5 Å². The highest BCUT2D eigenvalue weighted by Crippen LogP contribution is 2.34. The van der Waals surface area contributed by atoms with Crippen LogP contribution >= 0.6 is 12.4 Å². The van der Waals surface area contributed by atoms with Gasteiger partial charge in [-0.15, -0.1) is 12.4 Å². The van der Waals surface area contributed by atoms with E-state index in [0.717, 1.165) is 25.9 Å². The fraction of sp³-hybridized carbons (Fsp3) is 0.632. The molecule has 2 rings (SSSR count). The van der Waals surface area contributed by atoms with Gasteiger partial charge in [0.2, 0.25) is 5.91 Å². The number of ether oxygens (including phenoxy) is 2. The van der Waals surface area contributed by atoms with Crippen molar-refractivity contribution < 1.29 is 19.2 Å². The Morgan fingerprint density at radius 1 is 1.36 bits per heavy atom. The van der Waals surface area contributed by atoms with Crippen LogP contribution in [0.1, 0.15) is 31.7 Å². The predicted octanol–water partition coefficient (Wildman–Crippen LogP) is 2.72. The second kappa shape index (κ2) is 11.7. The molecule has 1 aromatic carbocycles. The van der Waals surface area contributed by atoms with Gasteiger partial charge in [-0.1, -0.05) is 6.92 Å². The number of hydrogen-bond donors (Lipinski definition) is 2. The van der Waals surface area contributed by atoms with E-state index in [1.54, 1.807) is 6.07 Å². The van der Waals surface area contributed by atoms with Gasteiger partial charge in [-0.2, -0.15) is 0 Å². The van der Waals surface area contributed by atoms with Crippen LogP contribution in [0.4, 0.5) is 5.69 Å². The van der Waals surface area contributed by atoms with Crippen LogP contribution in [-0.4, -0.2) is 44.7 Å². The molecule has 1 saturated heterocycles. The Labute approximate surface area is 171 Å². The van der Waals surface area contributed by atoms with Gasteiger partial charge in [-0.3, -0.25) is 14.9 Å². The van der Waals surface area contributed by atoms with Crippen molar-refractivity contribution in [3.63, 3.8) is 0 Å². The number of nitrogens with zero attached hydrogens (tertiary/aromatic N) is 1. The second-order valence-corrected chi connectivity index (χ2v) is 6.98. The molecule has 1 heterocycles. The van der Waals surface area contributed by atoms with Gasteiger partial charge in [0.15, 0.2) is 11.5 Å². The lowest BCUT2D eigenvalue weighted by Gasteiger charge is -2.28. The summed E-state index contributed by atoms with van der Waals surface area (Å²) in [5.74, 6) is 1.57.